The summed E-state index contributed by atoms with van der Waals surface area (Å²) in [6.45, 7) is 4.86. The molecule has 2 N–H and O–H groups in total. The van der Waals surface area contributed by atoms with E-state index in [0.29, 0.717) is 16.6 Å². The van der Waals surface area contributed by atoms with Gasteiger partial charge in [-0.25, -0.2) is 9.97 Å². The minimum absolute atomic E-state index is 0.576. The fourth-order valence-electron chi connectivity index (χ4n) is 1.86. The summed E-state index contributed by atoms with van der Waals surface area (Å²) in [5.41, 5.74) is 0.857. The highest BCUT2D eigenvalue weighted by Crippen LogP contribution is 2.28. The van der Waals surface area contributed by atoms with Gasteiger partial charge in [0.15, 0.2) is 0 Å². The molecule has 0 unspecified atom stereocenters. The number of aromatic nitrogens is 2. The van der Waals surface area contributed by atoms with Crippen LogP contribution in [0.15, 0.2) is 24.3 Å². The second kappa shape index (κ2) is 7.13. The summed E-state index contributed by atoms with van der Waals surface area (Å²) >= 11 is 6.02. The van der Waals surface area contributed by atoms with E-state index < -0.39 is 0 Å². The number of aryl methyl sites for hydroxylation is 1. The molecule has 6 heteroatoms. The third-order valence-corrected chi connectivity index (χ3v) is 3.13. The van der Waals surface area contributed by atoms with E-state index in [4.69, 9.17) is 16.3 Å². The van der Waals surface area contributed by atoms with Crippen LogP contribution >= 0.6 is 11.6 Å². The van der Waals surface area contributed by atoms with Gasteiger partial charge in [-0.05, 0) is 25.5 Å². The maximum atomic E-state index is 6.02. The molecule has 0 fully saturated rings. The van der Waals surface area contributed by atoms with Crippen molar-refractivity contribution in [1.29, 1.82) is 0 Å². The standard InChI is InChI=1S/C15H19ClN4O/c1-4-7-17-14-9-15(19-10(2)18-14)20-11-5-6-12(16)13(8-11)21-3/h5-6,8-9H,4,7H2,1-3H3,(H2,17,18,19,20). The molecule has 1 aromatic carbocycles. The molecule has 2 aromatic rings. The molecule has 1 heterocycles. The van der Waals surface area contributed by atoms with Crippen LogP contribution in [0.2, 0.25) is 5.02 Å². The fourth-order valence-corrected chi connectivity index (χ4v) is 2.06. The molecule has 1 aromatic heterocycles. The number of nitrogens with one attached hydrogen (secondary N) is 2. The Kier molecular flexibility index (Phi) is 5.22. The van der Waals surface area contributed by atoms with Gasteiger partial charge in [0.1, 0.15) is 23.2 Å². The summed E-state index contributed by atoms with van der Waals surface area (Å²) in [6.07, 6.45) is 1.04. The predicted molar refractivity (Wildman–Crippen MR) is 86.8 cm³/mol. The monoisotopic (exact) mass is 306 g/mol. The van der Waals surface area contributed by atoms with E-state index in [1.54, 1.807) is 13.2 Å². The van der Waals surface area contributed by atoms with Crippen LogP contribution in [0.5, 0.6) is 5.75 Å². The Morgan fingerprint density at radius 3 is 2.67 bits per heavy atom. The van der Waals surface area contributed by atoms with E-state index in [1.165, 1.54) is 0 Å². The Labute approximate surface area is 129 Å². The van der Waals surface area contributed by atoms with E-state index in [1.807, 2.05) is 25.1 Å². The first kappa shape index (κ1) is 15.4. The summed E-state index contributed by atoms with van der Waals surface area (Å²) < 4.78 is 5.21. The zero-order valence-corrected chi connectivity index (χ0v) is 13.2. The minimum atomic E-state index is 0.576. The van der Waals surface area contributed by atoms with E-state index in [9.17, 15) is 0 Å². The van der Waals surface area contributed by atoms with Gasteiger partial charge in [0.05, 0.1) is 12.1 Å². The second-order valence-electron chi connectivity index (χ2n) is 4.59. The van der Waals surface area contributed by atoms with Crippen LogP contribution in [-0.4, -0.2) is 23.6 Å². The van der Waals surface area contributed by atoms with Crippen LogP contribution in [0.25, 0.3) is 0 Å². The molecule has 112 valence electrons. The van der Waals surface area contributed by atoms with E-state index in [-0.39, 0.29) is 0 Å². The van der Waals surface area contributed by atoms with Gasteiger partial charge in [-0.3, -0.25) is 0 Å². The van der Waals surface area contributed by atoms with Gasteiger partial charge in [-0.2, -0.15) is 0 Å². The van der Waals surface area contributed by atoms with Crippen molar-refractivity contribution < 1.29 is 4.74 Å². The highest BCUT2D eigenvalue weighted by molar-refractivity contribution is 6.32. The average molecular weight is 307 g/mol. The predicted octanol–water partition coefficient (Wildman–Crippen LogP) is 4.01. The molecule has 5 nitrogen and oxygen atoms in total. The lowest BCUT2D eigenvalue weighted by Gasteiger charge is -2.11. The Hall–Kier alpha value is -2.01. The first-order valence-corrected chi connectivity index (χ1v) is 7.20. The van der Waals surface area contributed by atoms with Gasteiger partial charge >= 0.3 is 0 Å². The average Bonchev–Trinajstić information content (AvgIpc) is 2.46. The highest BCUT2D eigenvalue weighted by atomic mass is 35.5. The van der Waals surface area contributed by atoms with Gasteiger partial charge in [-0.15, -0.1) is 0 Å². The zero-order valence-electron chi connectivity index (χ0n) is 12.4. The largest absolute Gasteiger partial charge is 0.495 e. The van der Waals surface area contributed by atoms with Crippen LogP contribution < -0.4 is 15.4 Å². The first-order chi connectivity index (χ1) is 10.1. The summed E-state index contributed by atoms with van der Waals surface area (Å²) in [5.74, 6) is 2.87. The number of ether oxygens (including phenoxy) is 1. The third-order valence-electron chi connectivity index (χ3n) is 2.82. The number of rotatable bonds is 6. The molecule has 0 saturated heterocycles. The SMILES string of the molecule is CCCNc1cc(Nc2ccc(Cl)c(OC)c2)nc(C)n1. The molecule has 0 radical (unpaired) electrons. The van der Waals surface area contributed by atoms with E-state index >= 15 is 0 Å². The number of hydrogen-bond acceptors (Lipinski definition) is 5. The van der Waals surface area contributed by atoms with E-state index in [2.05, 4.69) is 27.5 Å². The van der Waals surface area contributed by atoms with Crippen molar-refractivity contribution >= 4 is 28.9 Å². The Morgan fingerprint density at radius 1 is 1.19 bits per heavy atom. The molecule has 0 spiro atoms. The molecule has 0 atom stereocenters. The molecule has 0 bridgehead atoms. The third kappa shape index (κ3) is 4.23. The first-order valence-electron chi connectivity index (χ1n) is 6.82. The van der Waals surface area contributed by atoms with Crippen LogP contribution in [0.4, 0.5) is 17.3 Å². The number of anilines is 3. The topological polar surface area (TPSA) is 59.1 Å². The van der Waals surface area contributed by atoms with Crippen molar-refractivity contribution in [2.24, 2.45) is 0 Å². The Morgan fingerprint density at radius 2 is 1.95 bits per heavy atom. The van der Waals surface area contributed by atoms with Crippen LogP contribution in [0.1, 0.15) is 19.2 Å². The van der Waals surface area contributed by atoms with Crippen LogP contribution in [-0.2, 0) is 0 Å². The molecule has 0 aliphatic heterocycles. The quantitative estimate of drug-likeness (QED) is 0.844. The Bertz CT molecular complexity index is 619. The summed E-state index contributed by atoms with van der Waals surface area (Å²) in [5, 5.41) is 7.07. The van der Waals surface area contributed by atoms with Gasteiger partial charge < -0.3 is 15.4 Å². The molecular formula is C15H19ClN4O. The molecule has 0 saturated carbocycles. The fraction of sp³-hybridized carbons (Fsp3) is 0.333. The number of benzene rings is 1. The normalized spacial score (nSPS) is 10.3. The maximum absolute atomic E-state index is 6.02. The maximum Gasteiger partial charge on any atom is 0.139 e. The van der Waals surface area contributed by atoms with Gasteiger partial charge in [0.2, 0.25) is 0 Å². The lowest BCUT2D eigenvalue weighted by molar-refractivity contribution is 0.415. The molecule has 0 aliphatic carbocycles. The lowest BCUT2D eigenvalue weighted by Crippen LogP contribution is -2.05. The molecular weight excluding hydrogens is 288 g/mol. The number of halogens is 1. The minimum Gasteiger partial charge on any atom is -0.495 e. The van der Waals surface area contributed by atoms with Gasteiger partial charge in [0.25, 0.3) is 0 Å². The van der Waals surface area contributed by atoms with Crippen LogP contribution in [0.3, 0.4) is 0 Å². The van der Waals surface area contributed by atoms with Gasteiger partial charge in [-0.1, -0.05) is 18.5 Å². The zero-order chi connectivity index (χ0) is 15.2. The van der Waals surface area contributed by atoms with Crippen molar-refractivity contribution in [2.75, 3.05) is 24.3 Å². The van der Waals surface area contributed by atoms with Crippen molar-refractivity contribution in [3.05, 3.63) is 35.1 Å². The molecule has 0 aliphatic rings. The summed E-state index contributed by atoms with van der Waals surface area (Å²) in [4.78, 5) is 8.73. The van der Waals surface area contributed by atoms with Crippen LogP contribution in [0, 0.1) is 6.92 Å². The van der Waals surface area contributed by atoms with Gasteiger partial charge in [0, 0.05) is 24.4 Å². The second-order valence-corrected chi connectivity index (χ2v) is 4.99. The molecule has 2 rings (SSSR count). The van der Waals surface area contributed by atoms with Crippen molar-refractivity contribution in [1.82, 2.24) is 9.97 Å². The summed E-state index contributed by atoms with van der Waals surface area (Å²) in [7, 11) is 1.59. The smallest absolute Gasteiger partial charge is 0.139 e. The molecule has 0 amide bonds. The van der Waals surface area contributed by atoms with Crippen molar-refractivity contribution in [3.8, 4) is 5.75 Å². The lowest BCUT2D eigenvalue weighted by atomic mass is 10.3. The molecule has 21 heavy (non-hydrogen) atoms. The number of hydrogen-bond donors (Lipinski definition) is 2. The van der Waals surface area contributed by atoms with Crippen molar-refractivity contribution in [3.63, 3.8) is 0 Å². The number of methoxy groups -OCH3 is 1. The van der Waals surface area contributed by atoms with E-state index in [0.717, 1.165) is 30.3 Å². The number of nitrogens with zero attached hydrogens (tertiary/aromatic N) is 2. The highest BCUT2D eigenvalue weighted by Gasteiger charge is 2.05. The summed E-state index contributed by atoms with van der Waals surface area (Å²) in [6, 6.07) is 7.37. The van der Waals surface area contributed by atoms with Crippen molar-refractivity contribution in [2.45, 2.75) is 20.3 Å². The Balaban J connectivity index is 2.20.